The van der Waals surface area contributed by atoms with Crippen molar-refractivity contribution in [2.24, 2.45) is 0 Å². The zero-order chi connectivity index (χ0) is 37.4. The van der Waals surface area contributed by atoms with Crippen LogP contribution in [0.2, 0.25) is 0 Å². The Morgan fingerprint density at radius 3 is 1.63 bits per heavy atom. The third kappa shape index (κ3) is 24.5. The van der Waals surface area contributed by atoms with Crippen molar-refractivity contribution in [1.82, 2.24) is 0 Å². The highest BCUT2D eigenvalue weighted by atomic mass is 16.7. The van der Waals surface area contributed by atoms with E-state index in [9.17, 15) is 30.0 Å². The van der Waals surface area contributed by atoms with Crippen LogP contribution in [-0.2, 0) is 28.5 Å². The summed E-state index contributed by atoms with van der Waals surface area (Å²) in [5, 5.41) is 39.9. The minimum Gasteiger partial charge on any atom is -0.462 e. The highest BCUT2D eigenvalue weighted by Gasteiger charge is 2.44. The molecule has 294 valence electrons. The number of hydrogen-bond donors (Lipinski definition) is 4. The van der Waals surface area contributed by atoms with Crippen molar-refractivity contribution in [2.45, 2.75) is 179 Å². The largest absolute Gasteiger partial charge is 0.462 e. The van der Waals surface area contributed by atoms with E-state index in [2.05, 4.69) is 62.5 Å². The number of carbonyl (C=O) groups excluding carboxylic acids is 2. The average Bonchev–Trinajstić information content (AvgIpc) is 3.13. The van der Waals surface area contributed by atoms with Crippen LogP contribution in [0.4, 0.5) is 0 Å². The number of ether oxygens (including phenoxy) is 4. The van der Waals surface area contributed by atoms with Crippen molar-refractivity contribution < 1.29 is 49.0 Å². The summed E-state index contributed by atoms with van der Waals surface area (Å²) in [5.41, 5.74) is 0. The summed E-state index contributed by atoms with van der Waals surface area (Å²) < 4.78 is 22.0. The number of hydrogen-bond acceptors (Lipinski definition) is 10. The van der Waals surface area contributed by atoms with E-state index in [1.807, 2.05) is 0 Å². The van der Waals surface area contributed by atoms with Crippen molar-refractivity contribution >= 4 is 11.9 Å². The van der Waals surface area contributed by atoms with Crippen molar-refractivity contribution in [3.8, 4) is 0 Å². The summed E-state index contributed by atoms with van der Waals surface area (Å²) in [5.74, 6) is -0.846. The molecule has 0 aromatic rings. The maximum absolute atomic E-state index is 12.7. The molecule has 1 fully saturated rings. The molecular weight excluding hydrogens is 652 g/mol. The van der Waals surface area contributed by atoms with Crippen LogP contribution in [0.5, 0.6) is 0 Å². The molecule has 0 amide bonds. The average molecular weight is 723 g/mol. The number of rotatable bonds is 31. The second kappa shape index (κ2) is 32.3. The highest BCUT2D eigenvalue weighted by molar-refractivity contribution is 5.70. The maximum Gasteiger partial charge on any atom is 0.306 e. The number of esters is 2. The molecular formula is C41H70O10. The standard InChI is InChI=1S/C41H70O10/c1-3-5-7-9-11-13-15-17-19-21-23-25-27-29-36(43)48-32-34(33-49-41-40(47)39(46)38(45)35(31-42)51-41)50-37(44)30-28-26-24-22-20-18-16-14-12-10-8-6-4-2/h7-10,13-16,34-35,38-42,45-47H,3-6,11-12,17-33H2,1-2H3/b9-7-,10-8-,15-13-,16-14-. The number of carbonyl (C=O) groups is 2. The van der Waals surface area contributed by atoms with Gasteiger partial charge in [0.2, 0.25) is 0 Å². The predicted molar refractivity (Wildman–Crippen MR) is 201 cm³/mol. The fraction of sp³-hybridized carbons (Fsp3) is 0.756. The van der Waals surface area contributed by atoms with E-state index >= 15 is 0 Å². The first-order valence-corrected chi connectivity index (χ1v) is 19.7. The number of unbranched alkanes of at least 4 members (excludes halogenated alkanes) is 12. The molecule has 0 bridgehead atoms. The first kappa shape index (κ1) is 46.7. The molecule has 0 saturated carbocycles. The molecule has 10 nitrogen and oxygen atoms in total. The Morgan fingerprint density at radius 2 is 1.10 bits per heavy atom. The molecule has 0 aliphatic carbocycles. The van der Waals surface area contributed by atoms with Crippen molar-refractivity contribution in [3.63, 3.8) is 0 Å². The normalized spacial score (nSPS) is 21.7. The van der Waals surface area contributed by atoms with Gasteiger partial charge in [0.25, 0.3) is 0 Å². The first-order valence-electron chi connectivity index (χ1n) is 19.7. The molecule has 4 N–H and O–H groups in total. The monoisotopic (exact) mass is 722 g/mol. The molecule has 0 aromatic heterocycles. The molecule has 1 aliphatic heterocycles. The van der Waals surface area contributed by atoms with Gasteiger partial charge in [0, 0.05) is 12.8 Å². The lowest BCUT2D eigenvalue weighted by molar-refractivity contribution is -0.305. The van der Waals surface area contributed by atoms with Gasteiger partial charge in [0.15, 0.2) is 12.4 Å². The molecule has 1 rings (SSSR count). The third-order valence-corrected chi connectivity index (χ3v) is 8.65. The summed E-state index contributed by atoms with van der Waals surface area (Å²) in [6, 6.07) is 0. The van der Waals surface area contributed by atoms with Gasteiger partial charge in [-0.25, -0.2) is 0 Å². The van der Waals surface area contributed by atoms with Crippen LogP contribution in [-0.4, -0.2) is 89.0 Å². The van der Waals surface area contributed by atoms with Gasteiger partial charge < -0.3 is 39.4 Å². The van der Waals surface area contributed by atoms with E-state index in [0.717, 1.165) is 89.9 Å². The summed E-state index contributed by atoms with van der Waals surface area (Å²) in [4.78, 5) is 25.2. The van der Waals surface area contributed by atoms with E-state index in [0.29, 0.717) is 12.8 Å². The Hall–Kier alpha value is -2.34. The summed E-state index contributed by atoms with van der Waals surface area (Å²) in [6.07, 6.45) is 28.3. The molecule has 1 heterocycles. The van der Waals surface area contributed by atoms with Crippen LogP contribution in [0, 0.1) is 0 Å². The number of aliphatic hydroxyl groups excluding tert-OH is 4. The predicted octanol–water partition coefficient (Wildman–Crippen LogP) is 7.32. The summed E-state index contributed by atoms with van der Waals surface area (Å²) in [6.45, 7) is 3.23. The first-order chi connectivity index (χ1) is 24.8. The van der Waals surface area contributed by atoms with Gasteiger partial charge in [0.05, 0.1) is 13.2 Å². The molecule has 1 saturated heterocycles. The van der Waals surface area contributed by atoms with E-state index < -0.39 is 55.4 Å². The molecule has 51 heavy (non-hydrogen) atoms. The summed E-state index contributed by atoms with van der Waals surface area (Å²) in [7, 11) is 0. The van der Waals surface area contributed by atoms with Crippen LogP contribution in [0.15, 0.2) is 48.6 Å². The molecule has 10 heteroatoms. The fourth-order valence-corrected chi connectivity index (χ4v) is 5.50. The number of allylic oxidation sites excluding steroid dienone is 8. The Bertz CT molecular complexity index is 975. The molecule has 6 atom stereocenters. The van der Waals surface area contributed by atoms with Crippen molar-refractivity contribution in [3.05, 3.63) is 48.6 Å². The van der Waals surface area contributed by atoms with E-state index in [1.54, 1.807) is 0 Å². The van der Waals surface area contributed by atoms with Gasteiger partial charge in [-0.05, 0) is 64.2 Å². The second-order valence-electron chi connectivity index (χ2n) is 13.4. The van der Waals surface area contributed by atoms with Crippen molar-refractivity contribution in [2.75, 3.05) is 19.8 Å². The van der Waals surface area contributed by atoms with Crippen LogP contribution < -0.4 is 0 Å². The summed E-state index contributed by atoms with van der Waals surface area (Å²) >= 11 is 0. The lowest BCUT2D eigenvalue weighted by Gasteiger charge is -2.39. The Labute approximate surface area is 308 Å². The third-order valence-electron chi connectivity index (χ3n) is 8.65. The SMILES string of the molecule is CCC/C=C\C/C=C\CCCCCCCC(=O)OCC(COC1OC(CO)C(O)C(O)C1O)OC(=O)CCCCCCC/C=C\C/C=C\CCC. The fourth-order valence-electron chi connectivity index (χ4n) is 5.50. The molecule has 1 aliphatic rings. The van der Waals surface area contributed by atoms with E-state index in [-0.39, 0.29) is 26.1 Å². The second-order valence-corrected chi connectivity index (χ2v) is 13.4. The van der Waals surface area contributed by atoms with Gasteiger partial charge in [0.1, 0.15) is 31.0 Å². The van der Waals surface area contributed by atoms with Crippen LogP contribution in [0.25, 0.3) is 0 Å². The molecule has 6 unspecified atom stereocenters. The molecule has 0 aromatic carbocycles. The van der Waals surface area contributed by atoms with Gasteiger partial charge in [-0.3, -0.25) is 9.59 Å². The van der Waals surface area contributed by atoms with Crippen molar-refractivity contribution in [1.29, 1.82) is 0 Å². The maximum atomic E-state index is 12.7. The van der Waals surface area contributed by atoms with Crippen LogP contribution >= 0.6 is 0 Å². The van der Waals surface area contributed by atoms with Crippen LogP contribution in [0.1, 0.15) is 142 Å². The topological polar surface area (TPSA) is 152 Å². The quantitative estimate of drug-likeness (QED) is 0.0325. The van der Waals surface area contributed by atoms with E-state index in [1.165, 1.54) is 12.8 Å². The molecule has 0 radical (unpaired) electrons. The van der Waals surface area contributed by atoms with Gasteiger partial charge in [-0.2, -0.15) is 0 Å². The zero-order valence-electron chi connectivity index (χ0n) is 31.6. The smallest absolute Gasteiger partial charge is 0.306 e. The molecule has 0 spiro atoms. The van der Waals surface area contributed by atoms with Crippen LogP contribution in [0.3, 0.4) is 0 Å². The highest BCUT2D eigenvalue weighted by Crippen LogP contribution is 2.22. The van der Waals surface area contributed by atoms with Gasteiger partial charge in [-0.1, -0.05) is 114 Å². The Morgan fingerprint density at radius 1 is 0.608 bits per heavy atom. The lowest BCUT2D eigenvalue weighted by atomic mass is 9.99. The lowest BCUT2D eigenvalue weighted by Crippen LogP contribution is -2.59. The van der Waals surface area contributed by atoms with Gasteiger partial charge >= 0.3 is 11.9 Å². The van der Waals surface area contributed by atoms with Gasteiger partial charge in [-0.15, -0.1) is 0 Å². The number of aliphatic hydroxyl groups is 4. The minimum absolute atomic E-state index is 0.209. The van der Waals surface area contributed by atoms with E-state index in [4.69, 9.17) is 18.9 Å². The Kier molecular flexibility index (Phi) is 29.6. The minimum atomic E-state index is -1.60. The Balaban J connectivity index is 2.42. The zero-order valence-corrected chi connectivity index (χ0v) is 31.6.